The number of likely N-dealkylation sites (tertiary alicyclic amines) is 2. The summed E-state index contributed by atoms with van der Waals surface area (Å²) in [6.07, 6.45) is 1.33. The molecule has 0 unspecified atom stereocenters. The molecule has 6 heteroatoms. The number of thiazole rings is 1. The molecule has 0 N–H and O–H groups in total. The minimum Gasteiger partial charge on any atom is -0.341 e. The van der Waals surface area contributed by atoms with Crippen molar-refractivity contribution in [2.75, 3.05) is 13.6 Å². The highest BCUT2D eigenvalue weighted by Crippen LogP contribution is 2.32. The second-order valence-corrected chi connectivity index (χ2v) is 5.22. The van der Waals surface area contributed by atoms with E-state index in [1.807, 2.05) is 7.05 Å². The predicted octanol–water partition coefficient (Wildman–Crippen LogP) is 0.588. The first-order valence-electron chi connectivity index (χ1n) is 5.63. The zero-order valence-electron chi connectivity index (χ0n) is 9.50. The molecule has 17 heavy (non-hydrogen) atoms. The Hall–Kier alpha value is -1.43. The quantitative estimate of drug-likeness (QED) is 0.734. The van der Waals surface area contributed by atoms with Gasteiger partial charge in [-0.05, 0) is 6.42 Å². The lowest BCUT2D eigenvalue weighted by Gasteiger charge is -2.22. The van der Waals surface area contributed by atoms with Crippen molar-refractivity contribution in [3.63, 3.8) is 0 Å². The molecule has 90 valence electrons. The van der Waals surface area contributed by atoms with Gasteiger partial charge in [0.2, 0.25) is 5.91 Å². The molecular weight excluding hydrogens is 238 g/mol. The zero-order valence-corrected chi connectivity index (χ0v) is 10.3. The van der Waals surface area contributed by atoms with Crippen LogP contribution < -0.4 is 0 Å². The van der Waals surface area contributed by atoms with Crippen LogP contribution in [0.2, 0.25) is 0 Å². The lowest BCUT2D eigenvalue weighted by molar-refractivity contribution is -0.127. The Kier molecular flexibility index (Phi) is 2.39. The first kappa shape index (κ1) is 10.7. The van der Waals surface area contributed by atoms with Gasteiger partial charge in [0.25, 0.3) is 5.91 Å². The van der Waals surface area contributed by atoms with Crippen molar-refractivity contribution in [3.05, 3.63) is 16.6 Å². The van der Waals surface area contributed by atoms with Gasteiger partial charge in [0.15, 0.2) is 0 Å². The number of hydrogen-bond donors (Lipinski definition) is 0. The van der Waals surface area contributed by atoms with Gasteiger partial charge < -0.3 is 9.80 Å². The Bertz CT molecular complexity index is 459. The highest BCUT2D eigenvalue weighted by Gasteiger charge is 2.47. The molecule has 2 amide bonds. The number of nitrogens with zero attached hydrogens (tertiary/aromatic N) is 3. The van der Waals surface area contributed by atoms with Gasteiger partial charge in [-0.15, -0.1) is 11.3 Å². The Morgan fingerprint density at radius 1 is 1.53 bits per heavy atom. The van der Waals surface area contributed by atoms with Crippen LogP contribution in [0.1, 0.15) is 23.3 Å². The average Bonchev–Trinajstić information content (AvgIpc) is 2.99. The molecule has 2 atom stereocenters. The van der Waals surface area contributed by atoms with E-state index in [2.05, 4.69) is 4.98 Å². The SMILES string of the molecule is CN1C(=O)C[C@@H]2[C@H]1CCN2C(=O)c1cscn1. The molecule has 0 spiro atoms. The molecule has 1 aromatic rings. The monoisotopic (exact) mass is 251 g/mol. The first-order valence-corrected chi connectivity index (χ1v) is 6.57. The van der Waals surface area contributed by atoms with Crippen LogP contribution >= 0.6 is 11.3 Å². The fourth-order valence-electron chi connectivity index (χ4n) is 2.76. The standard InChI is InChI=1S/C11H13N3O2S/c1-13-8-2-3-14(9(8)4-10(13)15)11(16)7-5-17-6-12-7/h5-6,8-9H,2-4H2,1H3/t8-,9-/m1/s1. The molecule has 2 saturated heterocycles. The molecule has 0 radical (unpaired) electrons. The van der Waals surface area contributed by atoms with E-state index < -0.39 is 0 Å². The normalized spacial score (nSPS) is 27.7. The highest BCUT2D eigenvalue weighted by molar-refractivity contribution is 7.07. The van der Waals surface area contributed by atoms with Gasteiger partial charge in [-0.1, -0.05) is 0 Å². The summed E-state index contributed by atoms with van der Waals surface area (Å²) < 4.78 is 0. The van der Waals surface area contributed by atoms with Crippen LogP contribution in [-0.4, -0.2) is 52.3 Å². The zero-order chi connectivity index (χ0) is 12.0. The van der Waals surface area contributed by atoms with Crippen molar-refractivity contribution >= 4 is 23.2 Å². The molecule has 0 saturated carbocycles. The maximum absolute atomic E-state index is 12.2. The third-order valence-corrected chi connectivity index (χ3v) is 4.28. The van der Waals surface area contributed by atoms with Crippen LogP contribution in [0.4, 0.5) is 0 Å². The van der Waals surface area contributed by atoms with Crippen molar-refractivity contribution in [3.8, 4) is 0 Å². The lowest BCUT2D eigenvalue weighted by Crippen LogP contribution is -2.39. The third-order valence-electron chi connectivity index (χ3n) is 3.70. The number of hydrogen-bond acceptors (Lipinski definition) is 4. The summed E-state index contributed by atoms with van der Waals surface area (Å²) >= 11 is 1.42. The number of aromatic nitrogens is 1. The van der Waals surface area contributed by atoms with Crippen LogP contribution in [0.25, 0.3) is 0 Å². The molecule has 2 fully saturated rings. The third kappa shape index (κ3) is 1.55. The van der Waals surface area contributed by atoms with Crippen molar-refractivity contribution in [1.29, 1.82) is 0 Å². The van der Waals surface area contributed by atoms with E-state index in [0.717, 1.165) is 13.0 Å². The molecule has 5 nitrogen and oxygen atoms in total. The average molecular weight is 251 g/mol. The van der Waals surface area contributed by atoms with Crippen molar-refractivity contribution in [2.45, 2.75) is 24.9 Å². The van der Waals surface area contributed by atoms with Crippen LogP contribution in [-0.2, 0) is 4.79 Å². The maximum Gasteiger partial charge on any atom is 0.273 e. The largest absolute Gasteiger partial charge is 0.341 e. The number of amides is 2. The molecule has 3 rings (SSSR count). The van der Waals surface area contributed by atoms with Crippen LogP contribution in [0.5, 0.6) is 0 Å². The van der Waals surface area contributed by atoms with E-state index in [9.17, 15) is 9.59 Å². The maximum atomic E-state index is 12.2. The molecule has 1 aromatic heterocycles. The van der Waals surface area contributed by atoms with Gasteiger partial charge in [0.1, 0.15) is 5.69 Å². The Morgan fingerprint density at radius 2 is 2.35 bits per heavy atom. The smallest absolute Gasteiger partial charge is 0.273 e. The van der Waals surface area contributed by atoms with E-state index in [4.69, 9.17) is 0 Å². The molecule has 3 heterocycles. The molecule has 2 aliphatic heterocycles. The van der Waals surface area contributed by atoms with Gasteiger partial charge in [0.05, 0.1) is 17.6 Å². The summed E-state index contributed by atoms with van der Waals surface area (Å²) in [6, 6.07) is 0.242. The van der Waals surface area contributed by atoms with Crippen LogP contribution in [0.15, 0.2) is 10.9 Å². The second kappa shape index (κ2) is 3.80. The fourth-order valence-corrected chi connectivity index (χ4v) is 3.29. The molecule has 0 aliphatic carbocycles. The lowest BCUT2D eigenvalue weighted by atomic mass is 10.1. The second-order valence-electron chi connectivity index (χ2n) is 4.50. The molecular formula is C11H13N3O2S. The molecule has 2 aliphatic rings. The number of carbonyl (C=O) groups is 2. The minimum absolute atomic E-state index is 0.0400. The number of rotatable bonds is 1. The number of likely N-dealkylation sites (N-methyl/N-ethyl adjacent to an activating group) is 1. The van der Waals surface area contributed by atoms with Crippen LogP contribution in [0, 0.1) is 0 Å². The minimum atomic E-state index is -0.0400. The summed E-state index contributed by atoms with van der Waals surface area (Å²) in [6.45, 7) is 0.726. The van der Waals surface area contributed by atoms with Gasteiger partial charge >= 0.3 is 0 Å². The van der Waals surface area contributed by atoms with Gasteiger partial charge in [-0.2, -0.15) is 0 Å². The van der Waals surface area contributed by atoms with Crippen LogP contribution in [0.3, 0.4) is 0 Å². The van der Waals surface area contributed by atoms with E-state index in [0.29, 0.717) is 12.1 Å². The van der Waals surface area contributed by atoms with Crippen molar-refractivity contribution < 1.29 is 9.59 Å². The van der Waals surface area contributed by atoms with Crippen molar-refractivity contribution in [2.24, 2.45) is 0 Å². The Morgan fingerprint density at radius 3 is 3.06 bits per heavy atom. The summed E-state index contributed by atoms with van der Waals surface area (Å²) in [5, 5.41) is 1.76. The van der Waals surface area contributed by atoms with E-state index in [1.54, 1.807) is 20.7 Å². The van der Waals surface area contributed by atoms with E-state index in [-0.39, 0.29) is 23.9 Å². The summed E-state index contributed by atoms with van der Waals surface area (Å²) in [7, 11) is 1.82. The van der Waals surface area contributed by atoms with E-state index >= 15 is 0 Å². The van der Waals surface area contributed by atoms with Gasteiger partial charge in [-0.25, -0.2) is 4.98 Å². The molecule has 0 bridgehead atoms. The first-order chi connectivity index (χ1) is 8.18. The summed E-state index contributed by atoms with van der Waals surface area (Å²) in [4.78, 5) is 31.4. The Labute approximate surface area is 103 Å². The van der Waals surface area contributed by atoms with Crippen molar-refractivity contribution in [1.82, 2.24) is 14.8 Å². The van der Waals surface area contributed by atoms with E-state index in [1.165, 1.54) is 11.3 Å². The summed E-state index contributed by atoms with van der Waals surface area (Å²) in [5.41, 5.74) is 2.16. The fraction of sp³-hybridized carbons (Fsp3) is 0.545. The number of fused-ring (bicyclic) bond motifs is 1. The molecule has 0 aromatic carbocycles. The number of carbonyl (C=O) groups excluding carboxylic acids is 2. The van der Waals surface area contributed by atoms with Gasteiger partial charge in [0, 0.05) is 25.4 Å². The summed E-state index contributed by atoms with van der Waals surface area (Å²) in [5.74, 6) is 0.0950. The van der Waals surface area contributed by atoms with Gasteiger partial charge in [-0.3, -0.25) is 9.59 Å². The predicted molar refractivity (Wildman–Crippen MR) is 62.7 cm³/mol. The Balaban J connectivity index is 1.83. The highest BCUT2D eigenvalue weighted by atomic mass is 32.1. The topological polar surface area (TPSA) is 53.5 Å².